The lowest BCUT2D eigenvalue weighted by molar-refractivity contribution is -0.177. The van der Waals surface area contributed by atoms with E-state index in [0.29, 0.717) is 31.2 Å². The van der Waals surface area contributed by atoms with E-state index in [0.717, 1.165) is 0 Å². The number of halogens is 1. The minimum atomic E-state index is -2.56. The zero-order chi connectivity index (χ0) is 34.2. The summed E-state index contributed by atoms with van der Waals surface area (Å²) >= 11 is 0. The SMILES string of the molecule is C=C(O)/C(O)=C1/C(=O)N(C2(O)CCC(=O)NC2=O)C/C1=C(/O)NCc1c(O)c(O)c(CN2CCOCC2)c(O)c1F.CC.CC. The van der Waals surface area contributed by atoms with Gasteiger partial charge in [-0.1, -0.05) is 34.3 Å². The van der Waals surface area contributed by atoms with E-state index in [2.05, 4.69) is 11.9 Å². The fourth-order valence-electron chi connectivity index (χ4n) is 4.75. The number of hydrogen-bond donors (Lipinski definition) is 9. The maximum atomic E-state index is 15.1. The second-order valence-electron chi connectivity index (χ2n) is 9.64. The van der Waals surface area contributed by atoms with Gasteiger partial charge in [0.05, 0.1) is 36.5 Å². The van der Waals surface area contributed by atoms with Crippen molar-refractivity contribution >= 4 is 17.7 Å². The number of rotatable bonds is 7. The Hall–Kier alpha value is -4.54. The molecule has 250 valence electrons. The molecule has 15 nitrogen and oxygen atoms in total. The molecule has 0 saturated carbocycles. The maximum absolute atomic E-state index is 15.1. The molecular weight excluding hydrogens is 599 g/mol. The van der Waals surface area contributed by atoms with Gasteiger partial charge in [-0.05, 0) is 0 Å². The second-order valence-corrected chi connectivity index (χ2v) is 9.64. The van der Waals surface area contributed by atoms with Crippen LogP contribution in [0.1, 0.15) is 51.7 Å². The summed E-state index contributed by atoms with van der Waals surface area (Å²) in [5.74, 6) is -10.1. The van der Waals surface area contributed by atoms with Gasteiger partial charge in [0.2, 0.25) is 11.6 Å². The van der Waals surface area contributed by atoms with Crippen molar-refractivity contribution in [2.24, 2.45) is 0 Å². The normalized spacial score (nSPS) is 22.4. The van der Waals surface area contributed by atoms with E-state index in [9.17, 15) is 50.1 Å². The van der Waals surface area contributed by atoms with Gasteiger partial charge in [-0.2, -0.15) is 0 Å². The highest BCUT2D eigenvalue weighted by Crippen LogP contribution is 2.42. The minimum Gasteiger partial charge on any atom is -0.505 e. The first-order valence-electron chi connectivity index (χ1n) is 14.4. The monoisotopic (exact) mass is 640 g/mol. The summed E-state index contributed by atoms with van der Waals surface area (Å²) < 4.78 is 20.3. The molecule has 1 unspecified atom stereocenters. The number of aliphatic hydroxyl groups excluding tert-OH is 3. The number of carbonyl (C=O) groups is 3. The van der Waals surface area contributed by atoms with Gasteiger partial charge >= 0.3 is 0 Å². The summed E-state index contributed by atoms with van der Waals surface area (Å²) in [6.45, 7) is 11.2. The van der Waals surface area contributed by atoms with Crippen LogP contribution < -0.4 is 10.6 Å². The van der Waals surface area contributed by atoms with Crippen LogP contribution in [0.25, 0.3) is 0 Å². The lowest BCUT2D eigenvalue weighted by Crippen LogP contribution is -2.63. The molecule has 1 aromatic rings. The molecule has 3 heterocycles. The third-order valence-electron chi connectivity index (χ3n) is 7.11. The molecule has 0 aliphatic carbocycles. The Morgan fingerprint density at radius 2 is 1.58 bits per heavy atom. The number of piperidine rings is 1. The van der Waals surface area contributed by atoms with Crippen LogP contribution in [0.3, 0.4) is 0 Å². The molecule has 9 N–H and O–H groups in total. The predicted octanol–water partition coefficient (Wildman–Crippen LogP) is 1.54. The third-order valence-corrected chi connectivity index (χ3v) is 7.11. The van der Waals surface area contributed by atoms with Crippen molar-refractivity contribution in [2.75, 3.05) is 32.8 Å². The smallest absolute Gasteiger partial charge is 0.279 e. The fraction of sp³-hybridized carbons (Fsp3) is 0.483. The summed E-state index contributed by atoms with van der Waals surface area (Å²) in [5, 5.41) is 77.3. The standard InChI is InChI=1S/C25H29FN4O11.2C2H6/c1-11(31)18(33)16-13(10-30(23(16)38)25(40)3-2-15(32)28-24(25)39)22(37)27-8-12-17(26)19(34)14(21(36)20(12)35)9-29-4-6-41-7-5-29;2*1-2/h27,31,33-37,40H,1-10H2,(H,28,32,39);2*1-2H3/b18-16-,22-13-;;. The van der Waals surface area contributed by atoms with E-state index in [1.54, 1.807) is 4.90 Å². The van der Waals surface area contributed by atoms with E-state index in [1.807, 2.05) is 33.0 Å². The van der Waals surface area contributed by atoms with E-state index in [1.165, 1.54) is 0 Å². The molecule has 1 aromatic carbocycles. The third kappa shape index (κ3) is 7.41. The van der Waals surface area contributed by atoms with Gasteiger partial charge in [0.15, 0.2) is 40.5 Å². The Bertz CT molecular complexity index is 1360. The highest BCUT2D eigenvalue weighted by atomic mass is 19.1. The molecule has 1 atom stereocenters. The number of imide groups is 1. The number of carbonyl (C=O) groups excluding carboxylic acids is 3. The molecule has 3 aliphatic heterocycles. The number of aromatic hydroxyl groups is 3. The van der Waals surface area contributed by atoms with Crippen molar-refractivity contribution in [3.63, 3.8) is 0 Å². The first-order chi connectivity index (χ1) is 21.3. The van der Waals surface area contributed by atoms with Gasteiger partial charge in [-0.3, -0.25) is 29.5 Å². The minimum absolute atomic E-state index is 0.0903. The second kappa shape index (κ2) is 15.5. The average Bonchev–Trinajstić information content (AvgIpc) is 3.39. The zero-order valence-electron chi connectivity index (χ0n) is 25.6. The predicted molar refractivity (Wildman–Crippen MR) is 157 cm³/mol. The molecule has 16 heteroatoms. The summed E-state index contributed by atoms with van der Waals surface area (Å²) in [4.78, 5) is 39.4. The van der Waals surface area contributed by atoms with E-state index >= 15 is 4.39 Å². The summed E-state index contributed by atoms with van der Waals surface area (Å²) in [6.07, 6.45) is -0.840. The molecule has 3 fully saturated rings. The molecule has 4 rings (SSSR count). The first kappa shape index (κ1) is 36.7. The van der Waals surface area contributed by atoms with Crippen molar-refractivity contribution in [3.05, 3.63) is 52.1 Å². The van der Waals surface area contributed by atoms with Crippen LogP contribution >= 0.6 is 0 Å². The van der Waals surface area contributed by atoms with Crippen LogP contribution in [0.5, 0.6) is 17.2 Å². The number of morpholine rings is 1. The lowest BCUT2D eigenvalue weighted by atomic mass is 10.00. The number of ether oxygens (including phenoxy) is 1. The Balaban J connectivity index is 0.00000169. The Kier molecular flexibility index (Phi) is 12.6. The fourth-order valence-corrected chi connectivity index (χ4v) is 4.75. The molecule has 0 radical (unpaired) electrons. The largest absolute Gasteiger partial charge is 0.505 e. The van der Waals surface area contributed by atoms with Crippen molar-refractivity contribution < 1.29 is 59.3 Å². The van der Waals surface area contributed by atoms with Crippen molar-refractivity contribution in [1.29, 1.82) is 0 Å². The van der Waals surface area contributed by atoms with Gasteiger partial charge in [-0.25, -0.2) is 4.39 Å². The van der Waals surface area contributed by atoms with Crippen LogP contribution in [0.4, 0.5) is 4.39 Å². The highest BCUT2D eigenvalue weighted by Gasteiger charge is 2.53. The van der Waals surface area contributed by atoms with Crippen LogP contribution in [0.15, 0.2) is 35.1 Å². The molecule has 0 bridgehead atoms. The molecular formula is C29H41FN4O11. The van der Waals surface area contributed by atoms with Crippen LogP contribution in [-0.2, 0) is 32.2 Å². The number of nitrogens with zero attached hydrogens (tertiary/aromatic N) is 2. The van der Waals surface area contributed by atoms with Gasteiger partial charge in [0.1, 0.15) is 0 Å². The average molecular weight is 641 g/mol. The first-order valence-corrected chi connectivity index (χ1v) is 14.4. The van der Waals surface area contributed by atoms with E-state index < -0.39 is 100 Å². The quantitative estimate of drug-likeness (QED) is 0.0677. The Morgan fingerprint density at radius 3 is 2.13 bits per heavy atom. The van der Waals surface area contributed by atoms with Crippen LogP contribution in [0.2, 0.25) is 0 Å². The lowest BCUT2D eigenvalue weighted by Gasteiger charge is -2.37. The molecule has 3 saturated heterocycles. The van der Waals surface area contributed by atoms with Crippen LogP contribution in [-0.4, -0.2) is 102 Å². The van der Waals surface area contributed by atoms with Gasteiger partial charge < -0.3 is 45.8 Å². The summed E-state index contributed by atoms with van der Waals surface area (Å²) in [7, 11) is 0. The van der Waals surface area contributed by atoms with E-state index in [4.69, 9.17) is 4.74 Å². The molecule has 3 aliphatic rings. The number of amides is 3. The van der Waals surface area contributed by atoms with Gasteiger partial charge in [0.25, 0.3) is 11.8 Å². The number of hydrogen-bond acceptors (Lipinski definition) is 13. The zero-order valence-corrected chi connectivity index (χ0v) is 25.6. The molecule has 45 heavy (non-hydrogen) atoms. The topological polar surface area (TPSA) is 233 Å². The highest BCUT2D eigenvalue weighted by molar-refractivity contribution is 6.08. The number of nitrogens with one attached hydrogen (secondary N) is 2. The van der Waals surface area contributed by atoms with Crippen molar-refractivity contribution in [2.45, 2.75) is 59.4 Å². The number of phenols is 3. The summed E-state index contributed by atoms with van der Waals surface area (Å²) in [5.41, 5.74) is -4.73. The Labute approximate surface area is 259 Å². The maximum Gasteiger partial charge on any atom is 0.279 e. The summed E-state index contributed by atoms with van der Waals surface area (Å²) in [6, 6.07) is 0. The molecule has 3 amide bonds. The number of benzene rings is 1. The van der Waals surface area contributed by atoms with E-state index in [-0.39, 0.29) is 18.5 Å². The number of aliphatic hydroxyl groups is 4. The van der Waals surface area contributed by atoms with Gasteiger partial charge in [0, 0.05) is 44.6 Å². The molecule has 0 aromatic heterocycles. The van der Waals surface area contributed by atoms with Crippen LogP contribution in [0, 0.1) is 5.82 Å². The van der Waals surface area contributed by atoms with Gasteiger partial charge in [-0.15, -0.1) is 0 Å². The number of likely N-dealkylation sites (tertiary alicyclic amines) is 1. The van der Waals surface area contributed by atoms with Crippen molar-refractivity contribution in [3.8, 4) is 17.2 Å². The van der Waals surface area contributed by atoms with Crippen molar-refractivity contribution in [1.82, 2.24) is 20.4 Å². The number of phenolic OH excluding ortho intramolecular Hbond substituents is 3. The Morgan fingerprint density at radius 1 is 1.00 bits per heavy atom. The molecule has 0 spiro atoms.